The number of allylic oxidation sites excluding steroid dienone is 2. The lowest BCUT2D eigenvalue weighted by Crippen LogP contribution is -1.81. The van der Waals surface area contributed by atoms with E-state index in [1.54, 1.807) is 18.3 Å². The molecule has 0 atom stereocenters. The minimum absolute atomic E-state index is 1.28. The van der Waals surface area contributed by atoms with Crippen LogP contribution in [0.1, 0.15) is 104 Å². The summed E-state index contributed by atoms with van der Waals surface area (Å²) in [4.78, 5) is 3.26. The van der Waals surface area contributed by atoms with Crippen molar-refractivity contribution >= 4 is 92.2 Å². The molecule has 0 aromatic heterocycles. The molecule has 160 valence electrons. The first-order valence-corrected chi connectivity index (χ1v) is 16.3. The number of hydrogen-bond donors (Lipinski definition) is 0. The number of unbranched alkanes of at least 4 members (excludes halogenated alkanes) is 10. The summed E-state index contributed by atoms with van der Waals surface area (Å²) in [7, 11) is 0. The van der Waals surface area contributed by atoms with Gasteiger partial charge < -0.3 is 0 Å². The minimum atomic E-state index is 1.28. The summed E-state index contributed by atoms with van der Waals surface area (Å²) < 4.78 is 6.15. The van der Waals surface area contributed by atoms with Crippen molar-refractivity contribution in [2.45, 2.75) is 104 Å². The maximum atomic E-state index is 2.57. The summed E-state index contributed by atoms with van der Waals surface area (Å²) in [6.45, 7) is 4.59. The standard InChI is InChI=1S/C22H34I2S4/c1-3-5-7-9-11-13-15-17-19(23)27-21(25-17)22-26-18(20(24)28-22)16-14-12-10-8-6-4-2/h3-16H2,1-2H3/b22-21-. The van der Waals surface area contributed by atoms with Crippen LogP contribution < -0.4 is 0 Å². The average molecular weight is 681 g/mol. The molecule has 2 aliphatic heterocycles. The highest BCUT2D eigenvalue weighted by molar-refractivity contribution is 14.1. The Hall–Kier alpha value is 2.08. The second-order valence-electron chi connectivity index (χ2n) is 7.41. The van der Waals surface area contributed by atoms with Gasteiger partial charge in [0, 0.05) is 9.81 Å². The molecule has 0 saturated heterocycles. The molecule has 28 heavy (non-hydrogen) atoms. The van der Waals surface area contributed by atoms with Crippen LogP contribution in [-0.4, -0.2) is 0 Å². The highest BCUT2D eigenvalue weighted by Gasteiger charge is 2.27. The van der Waals surface area contributed by atoms with Crippen molar-refractivity contribution in [3.8, 4) is 0 Å². The normalized spacial score (nSPS) is 20.1. The molecule has 0 aromatic carbocycles. The van der Waals surface area contributed by atoms with Gasteiger partial charge in [0.25, 0.3) is 0 Å². The average Bonchev–Trinajstić information content (AvgIpc) is 3.24. The van der Waals surface area contributed by atoms with Crippen LogP contribution >= 0.6 is 92.2 Å². The molecule has 0 saturated carbocycles. The Labute approximate surface area is 217 Å². The topological polar surface area (TPSA) is 0 Å². The lowest BCUT2D eigenvalue weighted by molar-refractivity contribution is 0.610. The van der Waals surface area contributed by atoms with Gasteiger partial charge in [-0.25, -0.2) is 0 Å². The molecule has 0 aromatic rings. The van der Waals surface area contributed by atoms with Crippen LogP contribution in [0, 0.1) is 0 Å². The number of thioether (sulfide) groups is 4. The second kappa shape index (κ2) is 15.8. The fourth-order valence-electron chi connectivity index (χ4n) is 3.22. The first-order valence-electron chi connectivity index (χ1n) is 10.9. The van der Waals surface area contributed by atoms with Gasteiger partial charge in [0.15, 0.2) is 0 Å². The van der Waals surface area contributed by atoms with E-state index in [0.717, 1.165) is 0 Å². The third kappa shape index (κ3) is 9.70. The molecule has 0 nitrogen and oxygen atoms in total. The zero-order valence-electron chi connectivity index (χ0n) is 17.3. The highest BCUT2D eigenvalue weighted by Crippen LogP contribution is 2.63. The van der Waals surface area contributed by atoms with Crippen LogP contribution in [0.5, 0.6) is 0 Å². The van der Waals surface area contributed by atoms with Gasteiger partial charge in [-0.2, -0.15) is 0 Å². The molecule has 0 unspecified atom stereocenters. The fourth-order valence-corrected chi connectivity index (χ4v) is 11.8. The van der Waals surface area contributed by atoms with E-state index in [2.05, 4.69) is 82.6 Å². The van der Waals surface area contributed by atoms with Gasteiger partial charge in [-0.1, -0.05) is 125 Å². The number of halogens is 2. The van der Waals surface area contributed by atoms with E-state index < -0.39 is 0 Å². The van der Waals surface area contributed by atoms with Crippen molar-refractivity contribution in [3.63, 3.8) is 0 Å². The predicted octanol–water partition coefficient (Wildman–Crippen LogP) is 11.8. The first kappa shape index (κ1) is 26.3. The molecule has 0 aliphatic carbocycles. The Morgan fingerprint density at radius 1 is 0.500 bits per heavy atom. The van der Waals surface area contributed by atoms with Crippen LogP contribution in [0.2, 0.25) is 0 Å². The lowest BCUT2D eigenvalue weighted by Gasteiger charge is -2.04. The fraction of sp³-hybridized carbons (Fsp3) is 0.727. The summed E-state index contributed by atoms with van der Waals surface area (Å²) in [6, 6.07) is 0. The van der Waals surface area contributed by atoms with Crippen LogP contribution in [0.15, 0.2) is 24.1 Å². The van der Waals surface area contributed by atoms with Crippen LogP contribution in [0.3, 0.4) is 0 Å². The highest BCUT2D eigenvalue weighted by atomic mass is 127. The molecule has 0 radical (unpaired) electrons. The molecule has 2 rings (SSSR count). The van der Waals surface area contributed by atoms with E-state index in [-0.39, 0.29) is 0 Å². The largest absolute Gasteiger partial charge is 0.0837 e. The molecular formula is C22H34I2S4. The zero-order valence-corrected chi connectivity index (χ0v) is 24.9. The molecule has 0 amide bonds. The molecule has 2 heterocycles. The zero-order chi connectivity index (χ0) is 20.2. The van der Waals surface area contributed by atoms with Crippen molar-refractivity contribution < 1.29 is 0 Å². The van der Waals surface area contributed by atoms with Gasteiger partial charge in [0.2, 0.25) is 0 Å². The Balaban J connectivity index is 1.71. The van der Waals surface area contributed by atoms with Gasteiger partial charge in [-0.15, -0.1) is 0 Å². The van der Waals surface area contributed by atoms with Gasteiger partial charge in [0.1, 0.15) is 0 Å². The Bertz CT molecular complexity index is 531. The summed E-state index contributed by atoms with van der Waals surface area (Å²) in [5.41, 5.74) is 0. The maximum absolute atomic E-state index is 2.57. The summed E-state index contributed by atoms with van der Waals surface area (Å²) in [5.74, 6) is 0. The quantitative estimate of drug-likeness (QED) is 0.132. The van der Waals surface area contributed by atoms with Crippen molar-refractivity contribution in [1.82, 2.24) is 0 Å². The van der Waals surface area contributed by atoms with Crippen LogP contribution in [-0.2, 0) is 0 Å². The van der Waals surface area contributed by atoms with Crippen LogP contribution in [0.4, 0.5) is 0 Å². The number of rotatable bonds is 14. The molecular weight excluding hydrogens is 646 g/mol. The molecule has 2 aliphatic rings. The smallest absolute Gasteiger partial charge is 0.0708 e. The van der Waals surface area contributed by atoms with E-state index in [1.165, 1.54) is 95.7 Å². The lowest BCUT2D eigenvalue weighted by atomic mass is 10.1. The van der Waals surface area contributed by atoms with E-state index in [4.69, 9.17) is 0 Å². The predicted molar refractivity (Wildman–Crippen MR) is 155 cm³/mol. The maximum Gasteiger partial charge on any atom is 0.0708 e. The van der Waals surface area contributed by atoms with Crippen LogP contribution in [0.25, 0.3) is 0 Å². The Kier molecular flexibility index (Phi) is 14.9. The van der Waals surface area contributed by atoms with Crippen molar-refractivity contribution in [2.75, 3.05) is 0 Å². The minimum Gasteiger partial charge on any atom is -0.0837 e. The van der Waals surface area contributed by atoms with Gasteiger partial charge in [-0.3, -0.25) is 0 Å². The van der Waals surface area contributed by atoms with E-state index >= 15 is 0 Å². The van der Waals surface area contributed by atoms with Gasteiger partial charge >= 0.3 is 0 Å². The van der Waals surface area contributed by atoms with Crippen molar-refractivity contribution in [2.24, 2.45) is 0 Å². The molecule has 6 heteroatoms. The molecule has 0 bridgehead atoms. The SMILES string of the molecule is CCCCCCCCC1=C(I)S/C(=C2\SC(I)=C(CCCCCCCC)S2)S1. The van der Waals surface area contributed by atoms with Gasteiger partial charge in [-0.05, 0) is 70.9 Å². The van der Waals surface area contributed by atoms with E-state index in [0.29, 0.717) is 0 Å². The molecule has 0 fully saturated rings. The molecule has 0 spiro atoms. The third-order valence-electron chi connectivity index (χ3n) is 4.92. The van der Waals surface area contributed by atoms with Crippen molar-refractivity contribution in [3.05, 3.63) is 24.1 Å². The summed E-state index contributed by atoms with van der Waals surface area (Å²) >= 11 is 13.3. The monoisotopic (exact) mass is 680 g/mol. The summed E-state index contributed by atoms with van der Waals surface area (Å²) in [6.07, 6.45) is 19.2. The third-order valence-corrected chi connectivity index (χ3v) is 13.8. The van der Waals surface area contributed by atoms with Crippen molar-refractivity contribution in [1.29, 1.82) is 0 Å². The number of hydrogen-bond acceptors (Lipinski definition) is 4. The van der Waals surface area contributed by atoms with Gasteiger partial charge in [0.05, 0.1) is 14.3 Å². The van der Waals surface area contributed by atoms with E-state index in [9.17, 15) is 0 Å². The Morgan fingerprint density at radius 2 is 0.857 bits per heavy atom. The van der Waals surface area contributed by atoms with E-state index in [1.807, 2.05) is 23.5 Å². The Morgan fingerprint density at radius 3 is 1.25 bits per heavy atom. The molecule has 0 N–H and O–H groups in total. The first-order chi connectivity index (χ1) is 13.7. The second-order valence-corrected chi connectivity index (χ2v) is 15.8. The summed E-state index contributed by atoms with van der Waals surface area (Å²) in [5, 5.41) is 0.